The van der Waals surface area contributed by atoms with Crippen molar-refractivity contribution in [3.05, 3.63) is 29.8 Å². The van der Waals surface area contributed by atoms with Crippen molar-refractivity contribution in [1.82, 2.24) is 5.32 Å². The van der Waals surface area contributed by atoms with E-state index in [1.807, 2.05) is 0 Å². The van der Waals surface area contributed by atoms with Gasteiger partial charge in [-0.3, -0.25) is 9.59 Å². The Kier molecular flexibility index (Phi) is 6.08. The average Bonchev–Trinajstić information content (AvgIpc) is 2.37. The maximum atomic E-state index is 12.1. The second kappa shape index (κ2) is 7.56. The van der Waals surface area contributed by atoms with Gasteiger partial charge in [-0.2, -0.15) is 8.78 Å². The van der Waals surface area contributed by atoms with Crippen LogP contribution in [-0.4, -0.2) is 30.1 Å². The number of hydrogen-bond donors (Lipinski definition) is 2. The van der Waals surface area contributed by atoms with Gasteiger partial charge in [0.15, 0.2) is 0 Å². The molecule has 0 fully saturated rings. The fourth-order valence-corrected chi connectivity index (χ4v) is 1.73. The molecule has 0 aliphatic carbocycles. The largest absolute Gasteiger partial charge is 0.481 e. The van der Waals surface area contributed by atoms with Crippen LogP contribution in [0.15, 0.2) is 24.3 Å². The summed E-state index contributed by atoms with van der Waals surface area (Å²) in [5, 5.41) is 11.5. The number of amides is 1. The highest BCUT2D eigenvalue weighted by Crippen LogP contribution is 2.16. The first-order valence-corrected chi connectivity index (χ1v) is 6.37. The minimum atomic E-state index is -2.97. The van der Waals surface area contributed by atoms with E-state index in [1.165, 1.54) is 24.3 Å². The lowest BCUT2D eigenvalue weighted by molar-refractivity contribution is -0.142. The highest BCUT2D eigenvalue weighted by molar-refractivity contribution is 5.94. The molecule has 0 saturated carbocycles. The standard InChI is InChI=1S/C14H17F2NO4/c1-8(2)11(13(19)20)7-17-12(18)9-4-3-5-10(6-9)21-14(15)16/h3-6,8,11,14H,7H2,1-2H3,(H,17,18)(H,19,20). The van der Waals surface area contributed by atoms with Crippen LogP contribution in [0.2, 0.25) is 0 Å². The lowest BCUT2D eigenvalue weighted by Gasteiger charge is -2.16. The van der Waals surface area contributed by atoms with E-state index in [2.05, 4.69) is 10.1 Å². The normalized spacial score (nSPS) is 12.3. The molecule has 1 aromatic carbocycles. The van der Waals surface area contributed by atoms with Crippen LogP contribution in [0.25, 0.3) is 0 Å². The first-order chi connectivity index (χ1) is 9.81. The second-order valence-corrected chi connectivity index (χ2v) is 4.81. The Morgan fingerprint density at radius 3 is 2.52 bits per heavy atom. The molecule has 21 heavy (non-hydrogen) atoms. The van der Waals surface area contributed by atoms with Crippen molar-refractivity contribution >= 4 is 11.9 Å². The zero-order chi connectivity index (χ0) is 16.0. The summed E-state index contributed by atoms with van der Waals surface area (Å²) in [5.41, 5.74) is 0.126. The molecule has 2 N–H and O–H groups in total. The van der Waals surface area contributed by atoms with Crippen LogP contribution in [0.4, 0.5) is 8.78 Å². The molecule has 5 nitrogen and oxygen atoms in total. The van der Waals surface area contributed by atoms with Crippen molar-refractivity contribution in [2.24, 2.45) is 11.8 Å². The van der Waals surface area contributed by atoms with E-state index in [1.54, 1.807) is 13.8 Å². The lowest BCUT2D eigenvalue weighted by Crippen LogP contribution is -2.35. The Balaban J connectivity index is 2.69. The SMILES string of the molecule is CC(C)C(CNC(=O)c1cccc(OC(F)F)c1)C(=O)O. The van der Waals surface area contributed by atoms with E-state index in [-0.39, 0.29) is 23.8 Å². The number of hydrogen-bond acceptors (Lipinski definition) is 3. The van der Waals surface area contributed by atoms with Crippen molar-refractivity contribution in [3.8, 4) is 5.75 Å². The van der Waals surface area contributed by atoms with E-state index in [0.29, 0.717) is 0 Å². The van der Waals surface area contributed by atoms with Crippen LogP contribution in [0.1, 0.15) is 24.2 Å². The zero-order valence-corrected chi connectivity index (χ0v) is 11.7. The molecule has 1 aromatic rings. The first kappa shape index (κ1) is 16.9. The lowest BCUT2D eigenvalue weighted by atomic mass is 9.96. The van der Waals surface area contributed by atoms with Gasteiger partial charge in [-0.1, -0.05) is 19.9 Å². The fourth-order valence-electron chi connectivity index (χ4n) is 1.73. The van der Waals surface area contributed by atoms with Crippen LogP contribution in [0.3, 0.4) is 0 Å². The Morgan fingerprint density at radius 1 is 1.33 bits per heavy atom. The number of carbonyl (C=O) groups excluding carboxylic acids is 1. The molecule has 0 aliphatic rings. The molecule has 0 spiro atoms. The first-order valence-electron chi connectivity index (χ1n) is 6.37. The van der Waals surface area contributed by atoms with E-state index >= 15 is 0 Å². The summed E-state index contributed by atoms with van der Waals surface area (Å²) in [6, 6.07) is 5.31. The number of rotatable bonds is 7. The summed E-state index contributed by atoms with van der Waals surface area (Å²) in [6.07, 6.45) is 0. The number of ether oxygens (including phenoxy) is 1. The van der Waals surface area contributed by atoms with Gasteiger partial charge in [0, 0.05) is 12.1 Å². The molecule has 1 rings (SSSR count). The van der Waals surface area contributed by atoms with Crippen molar-refractivity contribution in [2.75, 3.05) is 6.54 Å². The summed E-state index contributed by atoms with van der Waals surface area (Å²) in [7, 11) is 0. The summed E-state index contributed by atoms with van der Waals surface area (Å²) >= 11 is 0. The molecule has 0 bridgehead atoms. The Morgan fingerprint density at radius 2 is 2.00 bits per heavy atom. The number of halogens is 2. The molecule has 1 atom stereocenters. The van der Waals surface area contributed by atoms with Gasteiger partial charge in [-0.15, -0.1) is 0 Å². The van der Waals surface area contributed by atoms with E-state index in [0.717, 1.165) is 0 Å². The summed E-state index contributed by atoms with van der Waals surface area (Å²) in [5.74, 6) is -2.52. The van der Waals surface area contributed by atoms with Crippen LogP contribution in [-0.2, 0) is 4.79 Å². The highest BCUT2D eigenvalue weighted by atomic mass is 19.3. The zero-order valence-electron chi connectivity index (χ0n) is 11.7. The topological polar surface area (TPSA) is 75.6 Å². The van der Waals surface area contributed by atoms with Crippen LogP contribution >= 0.6 is 0 Å². The molecule has 0 aromatic heterocycles. The second-order valence-electron chi connectivity index (χ2n) is 4.81. The Bertz CT molecular complexity index is 506. The smallest absolute Gasteiger partial charge is 0.387 e. The number of aliphatic carboxylic acids is 1. The van der Waals surface area contributed by atoms with Crippen LogP contribution in [0.5, 0.6) is 5.75 Å². The molecule has 116 valence electrons. The van der Waals surface area contributed by atoms with Crippen molar-refractivity contribution in [2.45, 2.75) is 20.5 Å². The maximum Gasteiger partial charge on any atom is 0.387 e. The van der Waals surface area contributed by atoms with Gasteiger partial charge in [-0.05, 0) is 24.1 Å². The maximum absolute atomic E-state index is 12.1. The summed E-state index contributed by atoms with van der Waals surface area (Å²) < 4.78 is 28.4. The van der Waals surface area contributed by atoms with Gasteiger partial charge in [0.1, 0.15) is 5.75 Å². The van der Waals surface area contributed by atoms with Crippen molar-refractivity contribution in [3.63, 3.8) is 0 Å². The van der Waals surface area contributed by atoms with E-state index in [4.69, 9.17) is 5.11 Å². The van der Waals surface area contributed by atoms with E-state index in [9.17, 15) is 18.4 Å². The minimum absolute atomic E-state index is 0.0359. The molecule has 0 aliphatic heterocycles. The highest BCUT2D eigenvalue weighted by Gasteiger charge is 2.22. The number of carbonyl (C=O) groups is 2. The monoisotopic (exact) mass is 301 g/mol. The number of alkyl halides is 2. The number of carboxylic acids is 1. The average molecular weight is 301 g/mol. The number of nitrogens with one attached hydrogen (secondary N) is 1. The quantitative estimate of drug-likeness (QED) is 0.810. The predicted molar refractivity (Wildman–Crippen MR) is 71.4 cm³/mol. The van der Waals surface area contributed by atoms with E-state index < -0.39 is 24.4 Å². The molecular weight excluding hydrogens is 284 g/mol. The molecule has 0 radical (unpaired) electrons. The third-order valence-corrected chi connectivity index (χ3v) is 2.93. The molecule has 0 saturated heterocycles. The van der Waals surface area contributed by atoms with Crippen LogP contribution < -0.4 is 10.1 Å². The van der Waals surface area contributed by atoms with Crippen molar-refractivity contribution in [1.29, 1.82) is 0 Å². The Hall–Kier alpha value is -2.18. The fraction of sp³-hybridized carbons (Fsp3) is 0.429. The van der Waals surface area contributed by atoms with Gasteiger partial charge in [0.25, 0.3) is 5.91 Å². The predicted octanol–water partition coefficient (Wildman–Crippen LogP) is 2.37. The molecule has 1 unspecified atom stereocenters. The van der Waals surface area contributed by atoms with Gasteiger partial charge in [0.2, 0.25) is 0 Å². The molecule has 0 heterocycles. The van der Waals surface area contributed by atoms with Gasteiger partial charge < -0.3 is 15.2 Å². The number of carboxylic acid groups (broad SMARTS) is 1. The van der Waals surface area contributed by atoms with Gasteiger partial charge in [0.05, 0.1) is 5.92 Å². The number of benzene rings is 1. The minimum Gasteiger partial charge on any atom is -0.481 e. The summed E-state index contributed by atoms with van der Waals surface area (Å²) in [4.78, 5) is 22.9. The molecular formula is C14H17F2NO4. The van der Waals surface area contributed by atoms with Crippen molar-refractivity contribution < 1.29 is 28.2 Å². The Labute approximate surface area is 120 Å². The van der Waals surface area contributed by atoms with Gasteiger partial charge >= 0.3 is 12.6 Å². The summed E-state index contributed by atoms with van der Waals surface area (Å²) in [6.45, 7) is 0.469. The third-order valence-electron chi connectivity index (χ3n) is 2.93. The van der Waals surface area contributed by atoms with Crippen LogP contribution in [0, 0.1) is 11.8 Å². The van der Waals surface area contributed by atoms with Gasteiger partial charge in [-0.25, -0.2) is 0 Å². The molecule has 7 heteroatoms. The molecule has 1 amide bonds. The third kappa shape index (κ3) is 5.37.